The molecule has 0 amide bonds. The van der Waals surface area contributed by atoms with Crippen molar-refractivity contribution in [1.29, 1.82) is 0 Å². The van der Waals surface area contributed by atoms with Gasteiger partial charge >= 0.3 is 0 Å². The Kier molecular flexibility index (Phi) is 4.22. The molecule has 0 heterocycles. The van der Waals surface area contributed by atoms with Gasteiger partial charge < -0.3 is 4.74 Å². The zero-order chi connectivity index (χ0) is 11.7. The van der Waals surface area contributed by atoms with Gasteiger partial charge in [0.1, 0.15) is 7.85 Å². The van der Waals surface area contributed by atoms with Crippen LogP contribution < -0.4 is 0 Å². The van der Waals surface area contributed by atoms with Crippen LogP contribution in [0, 0.1) is 5.92 Å². The number of thiol groups is 1. The molecule has 1 fully saturated rings. The fraction of sp³-hybridized carbons (Fsp3) is 1.00. The molecule has 0 atom stereocenters. The molecule has 0 unspecified atom stereocenters. The molecule has 0 bridgehead atoms. The van der Waals surface area contributed by atoms with E-state index in [1.54, 1.807) is 0 Å². The lowest BCUT2D eigenvalue weighted by atomic mass is 9.65. The molecule has 3 heteroatoms. The maximum Gasteiger partial charge on any atom is 0.113 e. The third-order valence-electron chi connectivity index (χ3n) is 3.51. The first kappa shape index (κ1) is 13.4. The standard InChI is InChI=1S/C12H23BOS/c1-9(2)11(15)5-7-12(13,8-6-11)14-10(3)4/h9-10,15H,5-8H2,1-4H3. The Morgan fingerprint density at radius 1 is 1.07 bits per heavy atom. The highest BCUT2D eigenvalue weighted by molar-refractivity contribution is 7.81. The van der Waals surface area contributed by atoms with Gasteiger partial charge in [0.05, 0.1) is 6.10 Å². The molecule has 0 N–H and O–H groups in total. The lowest BCUT2D eigenvalue weighted by molar-refractivity contribution is -0.0504. The highest BCUT2D eigenvalue weighted by atomic mass is 32.1. The number of hydrogen-bond acceptors (Lipinski definition) is 2. The molecule has 1 rings (SSSR count). The fourth-order valence-electron chi connectivity index (χ4n) is 2.27. The maximum absolute atomic E-state index is 6.23. The second kappa shape index (κ2) is 4.71. The Morgan fingerprint density at radius 2 is 1.53 bits per heavy atom. The highest BCUT2D eigenvalue weighted by Gasteiger charge is 2.40. The highest BCUT2D eigenvalue weighted by Crippen LogP contribution is 2.43. The molecule has 1 aliphatic rings. The van der Waals surface area contributed by atoms with Gasteiger partial charge in [-0.1, -0.05) is 13.8 Å². The first-order valence-corrected chi connectivity index (χ1v) is 6.41. The van der Waals surface area contributed by atoms with Crippen LogP contribution >= 0.6 is 12.6 Å². The zero-order valence-electron chi connectivity index (χ0n) is 10.4. The summed E-state index contributed by atoms with van der Waals surface area (Å²) in [6, 6.07) is 0. The van der Waals surface area contributed by atoms with Crippen molar-refractivity contribution in [1.82, 2.24) is 0 Å². The van der Waals surface area contributed by atoms with Crippen LogP contribution in [-0.4, -0.2) is 24.2 Å². The SMILES string of the molecule is [B]C1(OC(C)C)CCC(S)(C(C)C)CC1. The molecule has 0 saturated heterocycles. The van der Waals surface area contributed by atoms with Gasteiger partial charge in [0, 0.05) is 10.2 Å². The molecule has 0 aliphatic heterocycles. The van der Waals surface area contributed by atoms with Crippen LogP contribution in [0.2, 0.25) is 0 Å². The van der Waals surface area contributed by atoms with Crippen molar-refractivity contribution in [3.05, 3.63) is 0 Å². The van der Waals surface area contributed by atoms with Gasteiger partial charge in [-0.25, -0.2) is 0 Å². The molecule has 0 aromatic carbocycles. The Hall–Kier alpha value is 0.375. The third kappa shape index (κ3) is 3.42. The summed E-state index contributed by atoms with van der Waals surface area (Å²) in [5, 5.41) is 0. The second-order valence-corrected chi connectivity index (χ2v) is 6.38. The normalized spacial score (nSPS) is 37.5. The topological polar surface area (TPSA) is 9.23 Å². The molecule has 86 valence electrons. The largest absolute Gasteiger partial charge is 0.382 e. The van der Waals surface area contributed by atoms with Crippen LogP contribution in [-0.2, 0) is 4.74 Å². The molecule has 1 aliphatic carbocycles. The van der Waals surface area contributed by atoms with Crippen molar-refractivity contribution in [3.8, 4) is 0 Å². The van der Waals surface area contributed by atoms with E-state index in [2.05, 4.69) is 13.8 Å². The lowest BCUT2D eigenvalue weighted by Gasteiger charge is -2.45. The summed E-state index contributed by atoms with van der Waals surface area (Å²) < 4.78 is 5.95. The molecular formula is C12H23BOS. The molecule has 0 aromatic heterocycles. The van der Waals surface area contributed by atoms with Gasteiger partial charge in [-0.2, -0.15) is 12.6 Å². The van der Waals surface area contributed by atoms with Crippen LogP contribution in [0.3, 0.4) is 0 Å². The van der Waals surface area contributed by atoms with Gasteiger partial charge in [-0.05, 0) is 45.4 Å². The van der Waals surface area contributed by atoms with Crippen molar-refractivity contribution in [2.45, 2.75) is 69.7 Å². The van der Waals surface area contributed by atoms with E-state index < -0.39 is 5.50 Å². The van der Waals surface area contributed by atoms with E-state index in [0.717, 1.165) is 25.7 Å². The molecule has 1 saturated carbocycles. The molecule has 0 spiro atoms. The molecule has 0 aromatic rings. The zero-order valence-corrected chi connectivity index (χ0v) is 11.3. The molecular weight excluding hydrogens is 203 g/mol. The molecule has 1 nitrogen and oxygen atoms in total. The van der Waals surface area contributed by atoms with E-state index in [9.17, 15) is 0 Å². The van der Waals surface area contributed by atoms with E-state index in [-0.39, 0.29) is 10.9 Å². The van der Waals surface area contributed by atoms with Gasteiger partial charge in [-0.3, -0.25) is 0 Å². The number of ether oxygens (including phenoxy) is 1. The molecule has 2 radical (unpaired) electrons. The minimum Gasteiger partial charge on any atom is -0.382 e. The number of rotatable bonds is 3. The van der Waals surface area contributed by atoms with Gasteiger partial charge in [0.25, 0.3) is 0 Å². The van der Waals surface area contributed by atoms with Crippen LogP contribution in [0.4, 0.5) is 0 Å². The van der Waals surface area contributed by atoms with Crippen molar-refractivity contribution < 1.29 is 4.74 Å². The first-order chi connectivity index (χ1) is 6.77. The Labute approximate surface area is 101 Å². The fourth-order valence-corrected chi connectivity index (χ4v) is 2.49. The minimum absolute atomic E-state index is 0.156. The van der Waals surface area contributed by atoms with Crippen molar-refractivity contribution >= 4 is 20.5 Å². The summed E-state index contributed by atoms with van der Waals surface area (Å²) in [5.74, 6) is 0.601. The molecule has 15 heavy (non-hydrogen) atoms. The maximum atomic E-state index is 6.23. The Morgan fingerprint density at radius 3 is 1.87 bits per heavy atom. The van der Waals surface area contributed by atoms with Crippen molar-refractivity contribution in [3.63, 3.8) is 0 Å². The Balaban J connectivity index is 2.54. The van der Waals surface area contributed by atoms with Crippen LogP contribution in [0.15, 0.2) is 0 Å². The Bertz CT molecular complexity index is 208. The van der Waals surface area contributed by atoms with E-state index in [1.165, 1.54) is 0 Å². The number of hydrogen-bond donors (Lipinski definition) is 1. The van der Waals surface area contributed by atoms with Gasteiger partial charge in [0.2, 0.25) is 0 Å². The predicted octanol–water partition coefficient (Wildman–Crippen LogP) is 3.17. The lowest BCUT2D eigenvalue weighted by Crippen LogP contribution is -2.45. The summed E-state index contributed by atoms with van der Waals surface area (Å²) in [7, 11) is 6.23. The summed E-state index contributed by atoms with van der Waals surface area (Å²) in [6.07, 6.45) is 4.16. The third-order valence-corrected chi connectivity index (χ3v) is 4.47. The summed E-state index contributed by atoms with van der Waals surface area (Å²) in [4.78, 5) is 0. The van der Waals surface area contributed by atoms with E-state index in [1.807, 2.05) is 13.8 Å². The van der Waals surface area contributed by atoms with Gasteiger partial charge in [0.15, 0.2) is 0 Å². The monoisotopic (exact) mass is 226 g/mol. The average Bonchev–Trinajstić information content (AvgIpc) is 2.09. The first-order valence-electron chi connectivity index (χ1n) is 5.96. The smallest absolute Gasteiger partial charge is 0.113 e. The summed E-state index contributed by atoms with van der Waals surface area (Å²) in [5.41, 5.74) is -0.407. The van der Waals surface area contributed by atoms with Crippen molar-refractivity contribution in [2.75, 3.05) is 0 Å². The van der Waals surface area contributed by atoms with Crippen LogP contribution in [0.25, 0.3) is 0 Å². The van der Waals surface area contributed by atoms with Crippen molar-refractivity contribution in [2.24, 2.45) is 5.92 Å². The summed E-state index contributed by atoms with van der Waals surface area (Å²) in [6.45, 7) is 8.55. The minimum atomic E-state index is -0.407. The average molecular weight is 226 g/mol. The van der Waals surface area contributed by atoms with E-state index in [4.69, 9.17) is 25.2 Å². The van der Waals surface area contributed by atoms with Crippen LogP contribution in [0.1, 0.15) is 53.4 Å². The quantitative estimate of drug-likeness (QED) is 0.574. The summed E-state index contributed by atoms with van der Waals surface area (Å²) >= 11 is 4.80. The van der Waals surface area contributed by atoms with E-state index >= 15 is 0 Å². The van der Waals surface area contributed by atoms with Gasteiger partial charge in [-0.15, -0.1) is 0 Å². The second-order valence-electron chi connectivity index (χ2n) is 5.49. The predicted molar refractivity (Wildman–Crippen MR) is 69.7 cm³/mol. The van der Waals surface area contributed by atoms with E-state index in [0.29, 0.717) is 5.92 Å². The van der Waals surface area contributed by atoms with Crippen LogP contribution in [0.5, 0.6) is 0 Å².